The second-order valence-electron chi connectivity index (χ2n) is 6.78. The summed E-state index contributed by atoms with van der Waals surface area (Å²) in [5.74, 6) is -0.788. The van der Waals surface area contributed by atoms with E-state index in [2.05, 4.69) is 10.1 Å². The van der Waals surface area contributed by atoms with Crippen molar-refractivity contribution in [2.75, 3.05) is 0 Å². The van der Waals surface area contributed by atoms with Gasteiger partial charge in [-0.2, -0.15) is 8.78 Å². The average molecular weight is 365 g/mol. The fourth-order valence-corrected chi connectivity index (χ4v) is 2.10. The lowest BCUT2D eigenvalue weighted by Crippen LogP contribution is -2.36. The van der Waals surface area contributed by atoms with Crippen LogP contribution in [0.5, 0.6) is 5.75 Å². The van der Waals surface area contributed by atoms with E-state index < -0.39 is 42.9 Å². The zero-order valence-corrected chi connectivity index (χ0v) is 14.3. The highest BCUT2D eigenvalue weighted by atomic mass is 19.3. The van der Waals surface area contributed by atoms with Crippen LogP contribution in [-0.2, 0) is 4.79 Å². The normalized spacial score (nSPS) is 14.5. The van der Waals surface area contributed by atoms with Crippen LogP contribution in [0.25, 0.3) is 0 Å². The molecule has 25 heavy (non-hydrogen) atoms. The molecule has 142 valence electrons. The standard InChI is InChI=1S/C17H23F4NO3/c1-17(2,3)13(23)9-15(24)22-12(8-14(18)19)10-5-4-6-11(7-10)25-16(20)21/h4-7,12-14,16,23H,8-9H2,1-3H3,(H,22,24)/t12-,13-/m0/s1. The van der Waals surface area contributed by atoms with E-state index in [1.165, 1.54) is 24.3 Å². The molecule has 0 aliphatic heterocycles. The van der Waals surface area contributed by atoms with Gasteiger partial charge in [0.25, 0.3) is 0 Å². The highest BCUT2D eigenvalue weighted by Crippen LogP contribution is 2.26. The largest absolute Gasteiger partial charge is 0.435 e. The average Bonchev–Trinajstić information content (AvgIpc) is 2.44. The summed E-state index contributed by atoms with van der Waals surface area (Å²) in [6, 6.07) is 4.17. The van der Waals surface area contributed by atoms with Gasteiger partial charge in [0.15, 0.2) is 0 Å². The number of nitrogens with one attached hydrogen (secondary N) is 1. The van der Waals surface area contributed by atoms with Crippen LogP contribution in [0.1, 0.15) is 45.2 Å². The molecule has 2 atom stereocenters. The predicted molar refractivity (Wildman–Crippen MR) is 84.7 cm³/mol. The minimum Gasteiger partial charge on any atom is -0.435 e. The molecule has 0 spiro atoms. The van der Waals surface area contributed by atoms with E-state index in [1.807, 2.05) is 0 Å². The third-order valence-corrected chi connectivity index (χ3v) is 3.61. The Hall–Kier alpha value is -1.83. The number of alkyl halides is 4. The van der Waals surface area contributed by atoms with Gasteiger partial charge in [0.1, 0.15) is 5.75 Å². The molecule has 0 aliphatic carbocycles. The first kappa shape index (κ1) is 21.2. The second kappa shape index (κ2) is 9.03. The smallest absolute Gasteiger partial charge is 0.387 e. The molecule has 0 saturated heterocycles. The first-order valence-corrected chi connectivity index (χ1v) is 7.79. The number of ether oxygens (including phenoxy) is 1. The molecule has 0 aromatic heterocycles. The number of rotatable bonds is 8. The third-order valence-electron chi connectivity index (χ3n) is 3.61. The molecule has 0 radical (unpaired) electrons. The van der Waals surface area contributed by atoms with E-state index in [1.54, 1.807) is 20.8 Å². The van der Waals surface area contributed by atoms with E-state index in [-0.39, 0.29) is 17.7 Å². The van der Waals surface area contributed by atoms with Gasteiger partial charge in [-0.15, -0.1) is 0 Å². The molecular weight excluding hydrogens is 342 g/mol. The maximum atomic E-state index is 12.8. The molecule has 0 bridgehead atoms. The highest BCUT2D eigenvalue weighted by Gasteiger charge is 2.27. The zero-order chi connectivity index (χ0) is 19.2. The molecule has 1 amide bonds. The van der Waals surface area contributed by atoms with Crippen molar-refractivity contribution in [2.45, 2.75) is 58.8 Å². The Bertz CT molecular complexity index is 561. The highest BCUT2D eigenvalue weighted by molar-refractivity contribution is 5.77. The number of amides is 1. The van der Waals surface area contributed by atoms with Gasteiger partial charge >= 0.3 is 6.61 Å². The third kappa shape index (κ3) is 7.72. The molecular formula is C17H23F4NO3. The predicted octanol–water partition coefficient (Wildman–Crippen LogP) is 3.90. The van der Waals surface area contributed by atoms with E-state index in [9.17, 15) is 27.5 Å². The fourth-order valence-electron chi connectivity index (χ4n) is 2.10. The molecule has 8 heteroatoms. The maximum absolute atomic E-state index is 12.8. The number of halogens is 4. The van der Waals surface area contributed by atoms with Crippen molar-refractivity contribution in [1.29, 1.82) is 0 Å². The van der Waals surface area contributed by atoms with Gasteiger partial charge in [-0.25, -0.2) is 8.78 Å². The number of hydrogen-bond acceptors (Lipinski definition) is 3. The van der Waals surface area contributed by atoms with Crippen LogP contribution in [0.15, 0.2) is 24.3 Å². The van der Waals surface area contributed by atoms with Crippen molar-refractivity contribution in [1.82, 2.24) is 5.32 Å². The number of carbonyl (C=O) groups is 1. The van der Waals surface area contributed by atoms with E-state index >= 15 is 0 Å². The van der Waals surface area contributed by atoms with Crippen LogP contribution in [-0.4, -0.2) is 30.2 Å². The van der Waals surface area contributed by atoms with Crippen LogP contribution >= 0.6 is 0 Å². The lowest BCUT2D eigenvalue weighted by atomic mass is 9.87. The number of hydrogen-bond donors (Lipinski definition) is 2. The Morgan fingerprint density at radius 3 is 2.40 bits per heavy atom. The summed E-state index contributed by atoms with van der Waals surface area (Å²) in [5, 5.41) is 12.4. The molecule has 4 nitrogen and oxygen atoms in total. The van der Waals surface area contributed by atoms with Crippen LogP contribution in [0, 0.1) is 5.41 Å². The lowest BCUT2D eigenvalue weighted by molar-refractivity contribution is -0.125. The molecule has 1 aromatic rings. The van der Waals surface area contributed by atoms with Gasteiger partial charge in [0.2, 0.25) is 12.3 Å². The second-order valence-corrected chi connectivity index (χ2v) is 6.78. The molecule has 0 aliphatic rings. The first-order chi connectivity index (χ1) is 11.5. The summed E-state index contributed by atoms with van der Waals surface area (Å²) in [7, 11) is 0. The summed E-state index contributed by atoms with van der Waals surface area (Å²) in [4.78, 5) is 12.1. The van der Waals surface area contributed by atoms with Gasteiger partial charge in [-0.3, -0.25) is 4.79 Å². The zero-order valence-electron chi connectivity index (χ0n) is 14.3. The number of carbonyl (C=O) groups excluding carboxylic acids is 1. The monoisotopic (exact) mass is 365 g/mol. The van der Waals surface area contributed by atoms with Crippen LogP contribution in [0.2, 0.25) is 0 Å². The maximum Gasteiger partial charge on any atom is 0.387 e. The van der Waals surface area contributed by atoms with Crippen LogP contribution < -0.4 is 10.1 Å². The van der Waals surface area contributed by atoms with Gasteiger partial charge in [0, 0.05) is 6.42 Å². The minimum absolute atomic E-state index is 0.184. The van der Waals surface area contributed by atoms with E-state index in [0.29, 0.717) is 0 Å². The van der Waals surface area contributed by atoms with Crippen molar-refractivity contribution >= 4 is 5.91 Å². The summed E-state index contributed by atoms with van der Waals surface area (Å²) < 4.78 is 54.5. The topological polar surface area (TPSA) is 58.6 Å². The number of benzene rings is 1. The van der Waals surface area contributed by atoms with Crippen LogP contribution in [0.3, 0.4) is 0 Å². The lowest BCUT2D eigenvalue weighted by Gasteiger charge is -2.26. The minimum atomic E-state index is -3.04. The Labute approximate surface area is 144 Å². The SMILES string of the molecule is CC(C)(C)[C@@H](O)CC(=O)N[C@@H](CC(F)F)c1cccc(OC(F)F)c1. The van der Waals surface area contributed by atoms with Crippen molar-refractivity contribution < 1.29 is 32.2 Å². The fraction of sp³-hybridized carbons (Fsp3) is 0.588. The quantitative estimate of drug-likeness (QED) is 0.687. The molecule has 0 fully saturated rings. The Morgan fingerprint density at radius 2 is 1.88 bits per heavy atom. The van der Waals surface area contributed by atoms with Gasteiger partial charge in [-0.05, 0) is 23.1 Å². The van der Waals surface area contributed by atoms with Gasteiger partial charge < -0.3 is 15.2 Å². The Morgan fingerprint density at radius 1 is 1.24 bits per heavy atom. The summed E-state index contributed by atoms with van der Waals surface area (Å²) in [6.07, 6.45) is -4.60. The van der Waals surface area contributed by atoms with E-state index in [0.717, 1.165) is 0 Å². The Balaban J connectivity index is 2.89. The van der Waals surface area contributed by atoms with Crippen molar-refractivity contribution in [3.05, 3.63) is 29.8 Å². The summed E-state index contributed by atoms with van der Waals surface area (Å²) >= 11 is 0. The van der Waals surface area contributed by atoms with Crippen molar-refractivity contribution in [3.63, 3.8) is 0 Å². The van der Waals surface area contributed by atoms with E-state index in [4.69, 9.17) is 0 Å². The van der Waals surface area contributed by atoms with Crippen molar-refractivity contribution in [2.24, 2.45) is 5.41 Å². The molecule has 0 unspecified atom stereocenters. The molecule has 1 rings (SSSR count). The molecule has 0 heterocycles. The summed E-state index contributed by atoms with van der Waals surface area (Å²) in [5.41, 5.74) is -0.322. The van der Waals surface area contributed by atoms with Crippen LogP contribution in [0.4, 0.5) is 17.6 Å². The van der Waals surface area contributed by atoms with Gasteiger partial charge in [-0.1, -0.05) is 32.9 Å². The molecule has 1 aromatic carbocycles. The Kier molecular flexibility index (Phi) is 7.66. The number of aliphatic hydroxyl groups is 1. The van der Waals surface area contributed by atoms with Gasteiger partial charge in [0.05, 0.1) is 18.6 Å². The summed E-state index contributed by atoms with van der Waals surface area (Å²) in [6.45, 7) is 2.19. The van der Waals surface area contributed by atoms with Crippen molar-refractivity contribution in [3.8, 4) is 5.75 Å². The molecule has 0 saturated carbocycles. The first-order valence-electron chi connectivity index (χ1n) is 7.79. The number of aliphatic hydroxyl groups excluding tert-OH is 1. The molecule has 2 N–H and O–H groups in total.